The summed E-state index contributed by atoms with van der Waals surface area (Å²) in [6.07, 6.45) is 8.44. The highest BCUT2D eigenvalue weighted by molar-refractivity contribution is 9.10. The molecule has 1 N–H and O–H groups in total. The van der Waals surface area contributed by atoms with Gasteiger partial charge in [0, 0.05) is 12.1 Å². The van der Waals surface area contributed by atoms with Crippen molar-refractivity contribution in [1.82, 2.24) is 9.97 Å². The van der Waals surface area contributed by atoms with Gasteiger partial charge in [0.25, 0.3) is 0 Å². The molecule has 1 aliphatic carbocycles. The van der Waals surface area contributed by atoms with Crippen LogP contribution in [0.1, 0.15) is 39.0 Å². The summed E-state index contributed by atoms with van der Waals surface area (Å²) in [7, 11) is 0. The van der Waals surface area contributed by atoms with Crippen LogP contribution < -0.4 is 5.32 Å². The third-order valence-corrected chi connectivity index (χ3v) is 3.80. The molecule has 88 valence electrons. The van der Waals surface area contributed by atoms with Gasteiger partial charge in [-0.1, -0.05) is 19.3 Å². The molecule has 1 atom stereocenters. The molecule has 16 heavy (non-hydrogen) atoms. The number of nitrogens with one attached hydrogen (secondary N) is 1. The molecule has 2 rings (SSSR count). The average Bonchev–Trinajstić information content (AvgIpc) is 2.30. The van der Waals surface area contributed by atoms with Gasteiger partial charge in [0.15, 0.2) is 0 Å². The lowest BCUT2D eigenvalue weighted by atomic mass is 9.84. The van der Waals surface area contributed by atoms with Gasteiger partial charge in [-0.15, -0.1) is 0 Å². The molecule has 3 nitrogen and oxygen atoms in total. The topological polar surface area (TPSA) is 37.8 Å². The molecule has 1 fully saturated rings. The maximum Gasteiger partial charge on any atom is 0.130 e. The van der Waals surface area contributed by atoms with E-state index in [2.05, 4.69) is 38.1 Å². The first-order valence-electron chi connectivity index (χ1n) is 6.00. The summed E-state index contributed by atoms with van der Waals surface area (Å²) in [5.74, 6) is 1.71. The monoisotopic (exact) mass is 283 g/mol. The Bertz CT molecular complexity index is 337. The average molecular weight is 284 g/mol. The van der Waals surface area contributed by atoms with E-state index in [-0.39, 0.29) is 0 Å². The predicted octanol–water partition coefficient (Wildman–Crippen LogP) is 3.62. The van der Waals surface area contributed by atoms with E-state index in [9.17, 15) is 0 Å². The smallest absolute Gasteiger partial charge is 0.130 e. The van der Waals surface area contributed by atoms with Crippen LogP contribution in [0.2, 0.25) is 0 Å². The number of hydrogen-bond acceptors (Lipinski definition) is 3. The summed E-state index contributed by atoms with van der Waals surface area (Å²) >= 11 is 3.36. The lowest BCUT2D eigenvalue weighted by Crippen LogP contribution is -2.28. The van der Waals surface area contributed by atoms with Crippen LogP contribution in [0.25, 0.3) is 0 Å². The van der Waals surface area contributed by atoms with Gasteiger partial charge in [0.05, 0.1) is 0 Å². The molecule has 1 unspecified atom stereocenters. The fraction of sp³-hybridized carbons (Fsp3) is 0.667. The van der Waals surface area contributed by atoms with Crippen LogP contribution in [0.5, 0.6) is 0 Å². The van der Waals surface area contributed by atoms with Crippen molar-refractivity contribution >= 4 is 21.7 Å². The van der Waals surface area contributed by atoms with E-state index in [1.807, 2.05) is 6.07 Å². The number of nitrogens with zero attached hydrogens (tertiary/aromatic N) is 2. The first-order chi connectivity index (χ1) is 7.75. The number of hydrogen-bond donors (Lipinski definition) is 1. The fourth-order valence-corrected chi connectivity index (χ4v) is 2.71. The molecule has 0 saturated heterocycles. The molecule has 0 bridgehead atoms. The first-order valence-corrected chi connectivity index (χ1v) is 6.79. The molecule has 0 spiro atoms. The van der Waals surface area contributed by atoms with Crippen LogP contribution in [-0.2, 0) is 0 Å². The maximum atomic E-state index is 4.22. The minimum absolute atomic E-state index is 0.502. The largest absolute Gasteiger partial charge is 0.367 e. The van der Waals surface area contributed by atoms with E-state index < -0.39 is 0 Å². The van der Waals surface area contributed by atoms with Gasteiger partial charge in [0.2, 0.25) is 0 Å². The van der Waals surface area contributed by atoms with Crippen LogP contribution in [0, 0.1) is 5.92 Å². The van der Waals surface area contributed by atoms with Gasteiger partial charge in [0.1, 0.15) is 16.7 Å². The predicted molar refractivity (Wildman–Crippen MR) is 69.4 cm³/mol. The van der Waals surface area contributed by atoms with E-state index in [0.717, 1.165) is 16.3 Å². The Morgan fingerprint density at radius 3 is 2.75 bits per heavy atom. The standard InChI is InChI=1S/C12H18BrN3/c1-9(10-5-3-2-4-6-10)16-12-7-11(13)14-8-15-12/h7-10H,2-6H2,1H3,(H,14,15,16). The Kier molecular flexibility index (Phi) is 4.16. The van der Waals surface area contributed by atoms with Crippen LogP contribution in [0.3, 0.4) is 0 Å². The van der Waals surface area contributed by atoms with Crippen molar-refractivity contribution in [2.75, 3.05) is 5.32 Å². The molecule has 1 saturated carbocycles. The molecule has 4 heteroatoms. The highest BCUT2D eigenvalue weighted by Crippen LogP contribution is 2.27. The lowest BCUT2D eigenvalue weighted by Gasteiger charge is -2.28. The highest BCUT2D eigenvalue weighted by atomic mass is 79.9. The lowest BCUT2D eigenvalue weighted by molar-refractivity contribution is 0.328. The van der Waals surface area contributed by atoms with Gasteiger partial charge in [-0.25, -0.2) is 9.97 Å². The second-order valence-electron chi connectivity index (χ2n) is 4.56. The summed E-state index contributed by atoms with van der Waals surface area (Å²) in [6.45, 7) is 2.26. The van der Waals surface area contributed by atoms with Gasteiger partial charge in [-0.2, -0.15) is 0 Å². The Balaban J connectivity index is 1.93. The number of halogens is 1. The summed E-state index contributed by atoms with van der Waals surface area (Å²) < 4.78 is 0.834. The molecule has 1 aromatic heterocycles. The first kappa shape index (κ1) is 11.8. The summed E-state index contributed by atoms with van der Waals surface area (Å²) in [4.78, 5) is 8.25. The molecule has 1 aliphatic rings. The third-order valence-electron chi connectivity index (χ3n) is 3.37. The van der Waals surface area contributed by atoms with Crippen molar-refractivity contribution in [3.63, 3.8) is 0 Å². The van der Waals surface area contributed by atoms with Crippen molar-refractivity contribution in [3.05, 3.63) is 17.0 Å². The molecule has 1 heterocycles. The zero-order valence-electron chi connectivity index (χ0n) is 9.62. The molecular formula is C12H18BrN3. The fourth-order valence-electron chi connectivity index (χ4n) is 2.40. The Hall–Kier alpha value is -0.640. The summed E-state index contributed by atoms with van der Waals surface area (Å²) in [5.41, 5.74) is 0. The molecular weight excluding hydrogens is 266 g/mol. The van der Waals surface area contributed by atoms with Crippen LogP contribution in [0.15, 0.2) is 17.0 Å². The highest BCUT2D eigenvalue weighted by Gasteiger charge is 2.20. The van der Waals surface area contributed by atoms with Crippen molar-refractivity contribution in [2.24, 2.45) is 5.92 Å². The van der Waals surface area contributed by atoms with E-state index >= 15 is 0 Å². The molecule has 0 aromatic carbocycles. The van der Waals surface area contributed by atoms with E-state index in [1.165, 1.54) is 32.1 Å². The van der Waals surface area contributed by atoms with E-state index in [4.69, 9.17) is 0 Å². The summed E-state index contributed by atoms with van der Waals surface area (Å²) in [5, 5.41) is 3.47. The van der Waals surface area contributed by atoms with E-state index in [1.54, 1.807) is 6.33 Å². The van der Waals surface area contributed by atoms with Gasteiger partial charge < -0.3 is 5.32 Å². The van der Waals surface area contributed by atoms with Gasteiger partial charge >= 0.3 is 0 Å². The number of rotatable bonds is 3. The van der Waals surface area contributed by atoms with Crippen LogP contribution in [-0.4, -0.2) is 16.0 Å². The number of anilines is 1. The molecule has 0 aliphatic heterocycles. The summed E-state index contributed by atoms with van der Waals surface area (Å²) in [6, 6.07) is 2.43. The Morgan fingerprint density at radius 2 is 2.06 bits per heavy atom. The van der Waals surface area contributed by atoms with Crippen molar-refractivity contribution < 1.29 is 0 Å². The van der Waals surface area contributed by atoms with Crippen LogP contribution in [0.4, 0.5) is 5.82 Å². The second-order valence-corrected chi connectivity index (χ2v) is 5.37. The van der Waals surface area contributed by atoms with Crippen molar-refractivity contribution in [2.45, 2.75) is 45.1 Å². The number of aromatic nitrogens is 2. The molecule has 1 aromatic rings. The SMILES string of the molecule is CC(Nc1cc(Br)ncn1)C1CCCCC1. The second kappa shape index (κ2) is 5.62. The molecule has 0 amide bonds. The zero-order valence-corrected chi connectivity index (χ0v) is 11.2. The van der Waals surface area contributed by atoms with E-state index in [0.29, 0.717) is 6.04 Å². The zero-order chi connectivity index (χ0) is 11.4. The minimum Gasteiger partial charge on any atom is -0.367 e. The Morgan fingerprint density at radius 1 is 1.31 bits per heavy atom. The van der Waals surface area contributed by atoms with Gasteiger partial charge in [-0.3, -0.25) is 0 Å². The van der Waals surface area contributed by atoms with Crippen molar-refractivity contribution in [3.8, 4) is 0 Å². The maximum absolute atomic E-state index is 4.22. The van der Waals surface area contributed by atoms with Crippen LogP contribution >= 0.6 is 15.9 Å². The normalized spacial score (nSPS) is 19.4. The van der Waals surface area contributed by atoms with Gasteiger partial charge in [-0.05, 0) is 41.6 Å². The molecule has 0 radical (unpaired) electrons. The quantitative estimate of drug-likeness (QED) is 0.861. The Labute approximate surface area is 105 Å². The minimum atomic E-state index is 0.502. The third kappa shape index (κ3) is 3.17. The van der Waals surface area contributed by atoms with Crippen molar-refractivity contribution in [1.29, 1.82) is 0 Å².